The second-order valence-corrected chi connectivity index (χ2v) is 6.18. The second kappa shape index (κ2) is 7.23. The van der Waals surface area contributed by atoms with Gasteiger partial charge in [-0.05, 0) is 48.5 Å². The maximum absolute atomic E-state index is 12.4. The summed E-state index contributed by atoms with van der Waals surface area (Å²) < 4.78 is 0.951. The highest BCUT2D eigenvalue weighted by atomic mass is 79.9. The SMILES string of the molecule is CC(C(=O)Nc1ccccc1C#N)n1nnc(-c2ccc(Br)cc2)n1. The smallest absolute Gasteiger partial charge is 0.250 e. The van der Waals surface area contributed by atoms with Crippen molar-refractivity contribution < 1.29 is 4.79 Å². The zero-order chi connectivity index (χ0) is 17.8. The monoisotopic (exact) mass is 396 g/mol. The number of nitrogens with one attached hydrogen (secondary N) is 1. The highest BCUT2D eigenvalue weighted by molar-refractivity contribution is 9.10. The highest BCUT2D eigenvalue weighted by Crippen LogP contribution is 2.19. The molecular formula is C17H13BrN6O. The number of hydrogen-bond acceptors (Lipinski definition) is 5. The molecule has 2 aromatic carbocycles. The molecule has 0 aliphatic rings. The summed E-state index contributed by atoms with van der Waals surface area (Å²) >= 11 is 3.37. The summed E-state index contributed by atoms with van der Waals surface area (Å²) in [6.07, 6.45) is 0. The van der Waals surface area contributed by atoms with Crippen molar-refractivity contribution >= 4 is 27.5 Å². The zero-order valence-electron chi connectivity index (χ0n) is 13.2. The molecule has 25 heavy (non-hydrogen) atoms. The molecule has 7 nitrogen and oxygen atoms in total. The maximum Gasteiger partial charge on any atom is 0.250 e. The van der Waals surface area contributed by atoms with Crippen LogP contribution in [0, 0.1) is 11.3 Å². The Morgan fingerprint density at radius 1 is 1.24 bits per heavy atom. The highest BCUT2D eigenvalue weighted by Gasteiger charge is 2.19. The van der Waals surface area contributed by atoms with E-state index in [0.29, 0.717) is 17.1 Å². The van der Waals surface area contributed by atoms with E-state index in [4.69, 9.17) is 5.26 Å². The van der Waals surface area contributed by atoms with E-state index in [2.05, 4.69) is 36.7 Å². The van der Waals surface area contributed by atoms with Gasteiger partial charge in [0.1, 0.15) is 12.1 Å². The van der Waals surface area contributed by atoms with Gasteiger partial charge in [-0.1, -0.05) is 28.1 Å². The van der Waals surface area contributed by atoms with Crippen molar-refractivity contribution in [3.05, 3.63) is 58.6 Å². The third-order valence-electron chi connectivity index (χ3n) is 3.56. The van der Waals surface area contributed by atoms with Gasteiger partial charge in [0.05, 0.1) is 11.3 Å². The fourth-order valence-corrected chi connectivity index (χ4v) is 2.40. The molecule has 1 amide bonds. The zero-order valence-corrected chi connectivity index (χ0v) is 14.8. The van der Waals surface area contributed by atoms with Crippen molar-refractivity contribution in [3.8, 4) is 17.5 Å². The minimum absolute atomic E-state index is 0.331. The van der Waals surface area contributed by atoms with Crippen LogP contribution in [0.25, 0.3) is 11.4 Å². The molecule has 0 fully saturated rings. The number of anilines is 1. The van der Waals surface area contributed by atoms with Crippen molar-refractivity contribution in [2.75, 3.05) is 5.32 Å². The largest absolute Gasteiger partial charge is 0.323 e. The molecule has 1 aromatic heterocycles. The van der Waals surface area contributed by atoms with Crippen LogP contribution in [-0.2, 0) is 4.79 Å². The van der Waals surface area contributed by atoms with E-state index < -0.39 is 6.04 Å². The third-order valence-corrected chi connectivity index (χ3v) is 4.09. The fraction of sp³-hybridized carbons (Fsp3) is 0.118. The normalized spacial score (nSPS) is 11.6. The molecule has 1 heterocycles. The molecule has 3 aromatic rings. The first-order chi connectivity index (χ1) is 12.1. The standard InChI is InChI=1S/C17H13BrN6O/c1-11(17(25)20-15-5-3-2-4-13(15)10-19)24-22-16(21-23-24)12-6-8-14(18)9-7-12/h2-9,11H,1H3,(H,20,25). The van der Waals surface area contributed by atoms with Crippen LogP contribution < -0.4 is 5.32 Å². The van der Waals surface area contributed by atoms with Crippen molar-refractivity contribution in [2.24, 2.45) is 0 Å². The lowest BCUT2D eigenvalue weighted by Crippen LogP contribution is -2.25. The topological polar surface area (TPSA) is 96.5 Å². The second-order valence-electron chi connectivity index (χ2n) is 5.26. The molecule has 1 N–H and O–H groups in total. The summed E-state index contributed by atoms with van der Waals surface area (Å²) in [5.74, 6) is 0.104. The first kappa shape index (κ1) is 16.8. The molecule has 3 rings (SSSR count). The number of tetrazole rings is 1. The average molecular weight is 397 g/mol. The Labute approximate surface area is 152 Å². The van der Waals surface area contributed by atoms with E-state index >= 15 is 0 Å². The number of rotatable bonds is 4. The van der Waals surface area contributed by atoms with Crippen LogP contribution in [0.15, 0.2) is 53.0 Å². The molecule has 0 bridgehead atoms. The van der Waals surface area contributed by atoms with Crippen molar-refractivity contribution in [1.82, 2.24) is 20.2 Å². The summed E-state index contributed by atoms with van der Waals surface area (Å²) in [7, 11) is 0. The minimum Gasteiger partial charge on any atom is -0.323 e. The lowest BCUT2D eigenvalue weighted by molar-refractivity contribution is -0.119. The summed E-state index contributed by atoms with van der Waals surface area (Å²) in [5.41, 5.74) is 1.65. The van der Waals surface area contributed by atoms with Gasteiger partial charge in [-0.2, -0.15) is 10.1 Å². The van der Waals surface area contributed by atoms with Crippen molar-refractivity contribution in [2.45, 2.75) is 13.0 Å². The lowest BCUT2D eigenvalue weighted by atomic mass is 10.2. The number of para-hydroxylation sites is 1. The summed E-state index contributed by atoms with van der Waals surface area (Å²) in [6.45, 7) is 1.66. The Hall–Kier alpha value is -3.05. The number of halogens is 1. The first-order valence-corrected chi connectivity index (χ1v) is 8.23. The van der Waals surface area contributed by atoms with Crippen LogP contribution >= 0.6 is 15.9 Å². The van der Waals surface area contributed by atoms with Gasteiger partial charge in [0.25, 0.3) is 5.91 Å². The molecule has 124 valence electrons. The molecule has 1 atom stereocenters. The number of nitrogens with zero attached hydrogens (tertiary/aromatic N) is 5. The van der Waals surface area contributed by atoms with Gasteiger partial charge in [0, 0.05) is 10.0 Å². The van der Waals surface area contributed by atoms with Gasteiger partial charge in [0.2, 0.25) is 5.82 Å². The number of aromatic nitrogens is 4. The van der Waals surface area contributed by atoms with Crippen molar-refractivity contribution in [3.63, 3.8) is 0 Å². The number of hydrogen-bond donors (Lipinski definition) is 1. The molecule has 0 aliphatic carbocycles. The van der Waals surface area contributed by atoms with Gasteiger partial charge < -0.3 is 5.32 Å². The van der Waals surface area contributed by atoms with Crippen LogP contribution in [-0.4, -0.2) is 26.1 Å². The van der Waals surface area contributed by atoms with E-state index in [-0.39, 0.29) is 5.91 Å². The quantitative estimate of drug-likeness (QED) is 0.730. The molecular weight excluding hydrogens is 384 g/mol. The Morgan fingerprint density at radius 2 is 1.96 bits per heavy atom. The van der Waals surface area contributed by atoms with Crippen LogP contribution in [0.3, 0.4) is 0 Å². The number of nitriles is 1. The third kappa shape index (κ3) is 3.72. The Balaban J connectivity index is 1.77. The lowest BCUT2D eigenvalue weighted by Gasteiger charge is -2.11. The predicted octanol–water partition coefficient (Wildman–Crippen LogP) is 3.17. The molecule has 0 saturated carbocycles. The summed E-state index contributed by atoms with van der Waals surface area (Å²) in [6, 6.07) is 15.6. The minimum atomic E-state index is -0.677. The van der Waals surface area contributed by atoms with E-state index in [9.17, 15) is 4.79 Å². The Bertz CT molecular complexity index is 944. The predicted molar refractivity (Wildman–Crippen MR) is 95.5 cm³/mol. The number of amides is 1. The van der Waals surface area contributed by atoms with E-state index in [1.165, 1.54) is 4.80 Å². The maximum atomic E-state index is 12.4. The fourth-order valence-electron chi connectivity index (χ4n) is 2.14. The molecule has 1 unspecified atom stereocenters. The molecule has 0 saturated heterocycles. The average Bonchev–Trinajstić information content (AvgIpc) is 3.12. The number of benzene rings is 2. The molecule has 0 radical (unpaired) electrons. The van der Waals surface area contributed by atoms with Gasteiger partial charge >= 0.3 is 0 Å². The summed E-state index contributed by atoms with van der Waals surface area (Å²) in [4.78, 5) is 13.7. The molecule has 0 aliphatic heterocycles. The first-order valence-electron chi connectivity index (χ1n) is 7.44. The van der Waals surface area contributed by atoms with Gasteiger partial charge in [0.15, 0.2) is 0 Å². The van der Waals surface area contributed by atoms with E-state index in [1.807, 2.05) is 30.3 Å². The van der Waals surface area contributed by atoms with E-state index in [0.717, 1.165) is 10.0 Å². The van der Waals surface area contributed by atoms with Gasteiger partial charge in [-0.3, -0.25) is 4.79 Å². The van der Waals surface area contributed by atoms with Gasteiger partial charge in [-0.15, -0.1) is 10.2 Å². The molecule has 0 spiro atoms. The van der Waals surface area contributed by atoms with Gasteiger partial charge in [-0.25, -0.2) is 0 Å². The Morgan fingerprint density at radius 3 is 2.68 bits per heavy atom. The molecule has 8 heteroatoms. The van der Waals surface area contributed by atoms with Crippen LogP contribution in [0.2, 0.25) is 0 Å². The van der Waals surface area contributed by atoms with Crippen LogP contribution in [0.4, 0.5) is 5.69 Å². The van der Waals surface area contributed by atoms with Crippen molar-refractivity contribution in [1.29, 1.82) is 5.26 Å². The van der Waals surface area contributed by atoms with Crippen LogP contribution in [0.5, 0.6) is 0 Å². The Kier molecular flexibility index (Phi) is 4.86. The van der Waals surface area contributed by atoms with E-state index in [1.54, 1.807) is 31.2 Å². The number of carbonyl (C=O) groups excluding carboxylic acids is 1. The summed E-state index contributed by atoms with van der Waals surface area (Å²) in [5, 5.41) is 24.0. The van der Waals surface area contributed by atoms with Crippen LogP contribution in [0.1, 0.15) is 18.5 Å². The number of carbonyl (C=O) groups is 1.